The van der Waals surface area contributed by atoms with Crippen LogP contribution in [0.5, 0.6) is 0 Å². The van der Waals surface area contributed by atoms with Gasteiger partial charge >= 0.3 is 0 Å². The van der Waals surface area contributed by atoms with Crippen molar-refractivity contribution < 1.29 is 0 Å². The first-order valence-corrected chi connectivity index (χ1v) is 5.75. The van der Waals surface area contributed by atoms with Gasteiger partial charge in [-0.2, -0.15) is 0 Å². The zero-order valence-corrected chi connectivity index (χ0v) is 9.62. The Morgan fingerprint density at radius 3 is 2.83 bits per heavy atom. The summed E-state index contributed by atoms with van der Waals surface area (Å²) in [7, 11) is 0. The lowest BCUT2D eigenvalue weighted by atomic mass is 10.0. The Bertz CT molecular complexity index is 252. The quantitative estimate of drug-likeness (QED) is 0.681. The van der Waals surface area contributed by atoms with E-state index >= 15 is 0 Å². The van der Waals surface area contributed by atoms with Crippen molar-refractivity contribution >= 4 is 27.3 Å². The SMILES string of the molecule is C=CCC(CC)c1ccc(Br)s1. The monoisotopic (exact) mass is 244 g/mol. The first kappa shape index (κ1) is 10.0. The molecule has 1 unspecified atom stereocenters. The highest BCUT2D eigenvalue weighted by Crippen LogP contribution is 2.32. The number of halogens is 1. The molecular weight excluding hydrogens is 232 g/mol. The number of hydrogen-bond donors (Lipinski definition) is 0. The lowest BCUT2D eigenvalue weighted by Crippen LogP contribution is -1.91. The van der Waals surface area contributed by atoms with E-state index in [9.17, 15) is 0 Å². The summed E-state index contributed by atoms with van der Waals surface area (Å²) in [5.41, 5.74) is 0. The Hall–Kier alpha value is -0.0800. The topological polar surface area (TPSA) is 0 Å². The molecule has 0 spiro atoms. The molecule has 0 saturated carbocycles. The van der Waals surface area contributed by atoms with Gasteiger partial charge in [0.25, 0.3) is 0 Å². The molecule has 0 radical (unpaired) electrons. The van der Waals surface area contributed by atoms with Crippen molar-refractivity contribution in [1.82, 2.24) is 0 Å². The van der Waals surface area contributed by atoms with Gasteiger partial charge in [-0.15, -0.1) is 17.9 Å². The molecule has 2 heteroatoms. The van der Waals surface area contributed by atoms with E-state index in [2.05, 4.69) is 41.6 Å². The van der Waals surface area contributed by atoms with Crippen LogP contribution in [0.1, 0.15) is 30.6 Å². The largest absolute Gasteiger partial charge is 0.133 e. The Labute approximate surface area is 86.4 Å². The molecule has 0 bridgehead atoms. The highest BCUT2D eigenvalue weighted by atomic mass is 79.9. The lowest BCUT2D eigenvalue weighted by molar-refractivity contribution is 0.687. The molecular formula is C10H13BrS. The highest BCUT2D eigenvalue weighted by molar-refractivity contribution is 9.11. The molecule has 12 heavy (non-hydrogen) atoms. The van der Waals surface area contributed by atoms with Crippen LogP contribution in [-0.2, 0) is 0 Å². The van der Waals surface area contributed by atoms with Gasteiger partial charge in [0.05, 0.1) is 3.79 Å². The summed E-state index contributed by atoms with van der Waals surface area (Å²) < 4.78 is 1.22. The van der Waals surface area contributed by atoms with Crippen molar-refractivity contribution in [2.75, 3.05) is 0 Å². The van der Waals surface area contributed by atoms with Crippen molar-refractivity contribution in [2.45, 2.75) is 25.7 Å². The maximum absolute atomic E-state index is 3.77. The van der Waals surface area contributed by atoms with Gasteiger partial charge in [-0.3, -0.25) is 0 Å². The standard InChI is InChI=1S/C10H13BrS/c1-3-5-8(4-2)9-6-7-10(11)12-9/h3,6-8H,1,4-5H2,2H3. The normalized spacial score (nSPS) is 12.8. The first-order valence-electron chi connectivity index (χ1n) is 4.14. The van der Waals surface area contributed by atoms with Gasteiger partial charge in [-0.1, -0.05) is 13.0 Å². The van der Waals surface area contributed by atoms with E-state index in [0.717, 1.165) is 6.42 Å². The van der Waals surface area contributed by atoms with Crippen LogP contribution < -0.4 is 0 Å². The third-order valence-corrected chi connectivity index (χ3v) is 3.73. The van der Waals surface area contributed by atoms with Crippen LogP contribution in [0.25, 0.3) is 0 Å². The van der Waals surface area contributed by atoms with Crippen LogP contribution in [0.4, 0.5) is 0 Å². The van der Waals surface area contributed by atoms with Crippen molar-refractivity contribution in [3.05, 3.63) is 33.5 Å². The van der Waals surface area contributed by atoms with E-state index in [1.807, 2.05) is 17.4 Å². The molecule has 66 valence electrons. The second kappa shape index (κ2) is 4.83. The Balaban J connectivity index is 2.72. The molecule has 0 aliphatic carbocycles. The summed E-state index contributed by atoms with van der Waals surface area (Å²) in [4.78, 5) is 1.46. The van der Waals surface area contributed by atoms with Gasteiger partial charge in [0.2, 0.25) is 0 Å². The maximum Gasteiger partial charge on any atom is 0.0701 e. The first-order chi connectivity index (χ1) is 5.77. The van der Waals surface area contributed by atoms with E-state index in [-0.39, 0.29) is 0 Å². The number of rotatable bonds is 4. The zero-order chi connectivity index (χ0) is 8.97. The van der Waals surface area contributed by atoms with Crippen LogP contribution in [-0.4, -0.2) is 0 Å². The summed E-state index contributed by atoms with van der Waals surface area (Å²) in [5.74, 6) is 0.666. The predicted octanol–water partition coefficient (Wildman–Crippen LogP) is 4.58. The van der Waals surface area contributed by atoms with Crippen LogP contribution in [0.3, 0.4) is 0 Å². The van der Waals surface area contributed by atoms with Gasteiger partial charge in [0.1, 0.15) is 0 Å². The van der Waals surface area contributed by atoms with Gasteiger partial charge in [0, 0.05) is 4.88 Å². The van der Waals surface area contributed by atoms with Crippen molar-refractivity contribution in [1.29, 1.82) is 0 Å². The smallest absolute Gasteiger partial charge is 0.0701 e. The Morgan fingerprint density at radius 1 is 1.67 bits per heavy atom. The van der Waals surface area contributed by atoms with Crippen LogP contribution in [0.15, 0.2) is 28.6 Å². The molecule has 0 nitrogen and oxygen atoms in total. The van der Waals surface area contributed by atoms with E-state index in [0.29, 0.717) is 5.92 Å². The van der Waals surface area contributed by atoms with Crippen molar-refractivity contribution in [2.24, 2.45) is 0 Å². The van der Waals surface area contributed by atoms with E-state index < -0.39 is 0 Å². The van der Waals surface area contributed by atoms with Crippen LogP contribution in [0.2, 0.25) is 0 Å². The number of allylic oxidation sites excluding steroid dienone is 1. The minimum Gasteiger partial charge on any atom is -0.133 e. The summed E-state index contributed by atoms with van der Waals surface area (Å²) in [5, 5.41) is 0. The lowest BCUT2D eigenvalue weighted by Gasteiger charge is -2.08. The summed E-state index contributed by atoms with van der Waals surface area (Å²) in [6.07, 6.45) is 4.28. The second-order valence-corrected chi connectivity index (χ2v) is 5.27. The molecule has 0 N–H and O–H groups in total. The molecule has 1 aromatic rings. The Kier molecular flexibility index (Phi) is 4.02. The average Bonchev–Trinajstić information content (AvgIpc) is 2.47. The molecule has 1 atom stereocenters. The summed E-state index contributed by atoms with van der Waals surface area (Å²) >= 11 is 5.30. The average molecular weight is 245 g/mol. The fourth-order valence-corrected chi connectivity index (χ4v) is 2.85. The molecule has 1 aromatic heterocycles. The molecule has 0 aliphatic heterocycles. The minimum atomic E-state index is 0.666. The van der Waals surface area contributed by atoms with E-state index in [1.54, 1.807) is 0 Å². The fourth-order valence-electron chi connectivity index (χ4n) is 1.23. The molecule has 0 aromatic carbocycles. The van der Waals surface area contributed by atoms with Crippen LogP contribution in [0, 0.1) is 0 Å². The molecule has 0 saturated heterocycles. The second-order valence-electron chi connectivity index (χ2n) is 2.77. The molecule has 1 heterocycles. The Morgan fingerprint density at radius 2 is 2.42 bits per heavy atom. The highest BCUT2D eigenvalue weighted by Gasteiger charge is 2.09. The fraction of sp³-hybridized carbons (Fsp3) is 0.400. The zero-order valence-electron chi connectivity index (χ0n) is 7.22. The number of thiophene rings is 1. The van der Waals surface area contributed by atoms with Gasteiger partial charge in [-0.05, 0) is 46.8 Å². The van der Waals surface area contributed by atoms with E-state index in [4.69, 9.17) is 0 Å². The van der Waals surface area contributed by atoms with E-state index in [1.165, 1.54) is 15.1 Å². The van der Waals surface area contributed by atoms with Crippen molar-refractivity contribution in [3.8, 4) is 0 Å². The molecule has 1 rings (SSSR count). The van der Waals surface area contributed by atoms with Gasteiger partial charge in [0.15, 0.2) is 0 Å². The molecule has 0 fully saturated rings. The molecule has 0 aliphatic rings. The minimum absolute atomic E-state index is 0.666. The summed E-state index contributed by atoms with van der Waals surface area (Å²) in [6.45, 7) is 6.00. The predicted molar refractivity (Wildman–Crippen MR) is 59.9 cm³/mol. The van der Waals surface area contributed by atoms with Gasteiger partial charge < -0.3 is 0 Å². The van der Waals surface area contributed by atoms with Crippen LogP contribution >= 0.6 is 27.3 Å². The maximum atomic E-state index is 3.77. The summed E-state index contributed by atoms with van der Waals surface area (Å²) in [6, 6.07) is 4.32. The third kappa shape index (κ3) is 2.46. The third-order valence-electron chi connectivity index (χ3n) is 1.94. The van der Waals surface area contributed by atoms with Gasteiger partial charge in [-0.25, -0.2) is 0 Å². The van der Waals surface area contributed by atoms with Crippen molar-refractivity contribution in [3.63, 3.8) is 0 Å². The number of hydrogen-bond acceptors (Lipinski definition) is 1. The molecule has 0 amide bonds.